The maximum absolute atomic E-state index is 12.7. The van der Waals surface area contributed by atoms with Gasteiger partial charge in [0.1, 0.15) is 16.7 Å². The summed E-state index contributed by atoms with van der Waals surface area (Å²) in [6.07, 6.45) is 0. The van der Waals surface area contributed by atoms with Crippen LogP contribution in [0.4, 0.5) is 5.82 Å². The van der Waals surface area contributed by atoms with E-state index in [1.165, 1.54) is 0 Å². The summed E-state index contributed by atoms with van der Waals surface area (Å²) in [5.41, 5.74) is 1.68. The van der Waals surface area contributed by atoms with Crippen molar-refractivity contribution < 1.29 is 9.53 Å². The van der Waals surface area contributed by atoms with E-state index in [1.54, 1.807) is 18.1 Å². The fraction of sp³-hybridized carbons (Fsp3) is 0.111. The van der Waals surface area contributed by atoms with Crippen LogP contribution in [0.3, 0.4) is 0 Å². The number of ether oxygens (including phenoxy) is 1. The molecule has 0 unspecified atom stereocenters. The molecule has 0 radical (unpaired) electrons. The summed E-state index contributed by atoms with van der Waals surface area (Å²) in [6.45, 7) is 0.444. The number of rotatable bonds is 3. The van der Waals surface area contributed by atoms with Crippen molar-refractivity contribution in [3.05, 3.63) is 64.8 Å². The predicted molar refractivity (Wildman–Crippen MR) is 90.3 cm³/mol. The number of carbonyl (C=O) groups excluding carboxylic acids is 1. The Labute approximate surface area is 138 Å². The number of hydrogen-bond donors (Lipinski definition) is 0. The highest BCUT2D eigenvalue weighted by Crippen LogP contribution is 2.38. The van der Waals surface area contributed by atoms with Gasteiger partial charge in [0.05, 0.1) is 19.2 Å². The van der Waals surface area contributed by atoms with Gasteiger partial charge >= 0.3 is 0 Å². The van der Waals surface area contributed by atoms with E-state index in [-0.39, 0.29) is 5.91 Å². The number of pyridine rings is 1. The highest BCUT2D eigenvalue weighted by molar-refractivity contribution is 6.32. The molecule has 0 aliphatic carbocycles. The lowest BCUT2D eigenvalue weighted by atomic mass is 10.1. The molecule has 0 spiro atoms. The second-order valence-electron chi connectivity index (χ2n) is 5.41. The molecule has 0 saturated carbocycles. The van der Waals surface area contributed by atoms with Gasteiger partial charge in [-0.15, -0.1) is 0 Å². The highest BCUT2D eigenvalue weighted by Gasteiger charge is 2.31. The molecular weight excluding hydrogens is 312 g/mol. The summed E-state index contributed by atoms with van der Waals surface area (Å²) >= 11 is 6.12. The second-order valence-corrected chi connectivity index (χ2v) is 5.80. The van der Waals surface area contributed by atoms with Gasteiger partial charge in [-0.1, -0.05) is 35.9 Å². The van der Waals surface area contributed by atoms with E-state index in [2.05, 4.69) is 4.98 Å². The van der Waals surface area contributed by atoms with E-state index in [0.717, 1.165) is 22.1 Å². The maximum Gasteiger partial charge on any atom is 0.260 e. The first kappa shape index (κ1) is 14.0. The molecular formula is C18H13ClN2O2. The van der Waals surface area contributed by atoms with Crippen molar-refractivity contribution in [1.82, 2.24) is 4.98 Å². The lowest BCUT2D eigenvalue weighted by Gasteiger charge is -2.17. The van der Waals surface area contributed by atoms with Crippen LogP contribution < -0.4 is 9.64 Å². The standard InChI is InChI=1S/C18H13ClN2O2/c1-23-13-7-5-11(6-8-13)10-21-17-16-12(9-15(19)20-17)3-2-4-14(16)18(21)22/h2-9H,10H2,1H3. The summed E-state index contributed by atoms with van der Waals surface area (Å²) in [5, 5.41) is 2.19. The minimum absolute atomic E-state index is 0.0452. The summed E-state index contributed by atoms with van der Waals surface area (Å²) < 4.78 is 5.16. The van der Waals surface area contributed by atoms with E-state index in [0.29, 0.717) is 23.1 Å². The van der Waals surface area contributed by atoms with E-state index >= 15 is 0 Å². The molecule has 1 amide bonds. The number of benzene rings is 2. The fourth-order valence-electron chi connectivity index (χ4n) is 2.93. The quantitative estimate of drug-likeness (QED) is 0.682. The van der Waals surface area contributed by atoms with Crippen molar-refractivity contribution in [1.29, 1.82) is 0 Å². The van der Waals surface area contributed by atoms with Crippen LogP contribution in [0.15, 0.2) is 48.5 Å². The largest absolute Gasteiger partial charge is 0.497 e. The first-order chi connectivity index (χ1) is 11.2. The van der Waals surface area contributed by atoms with E-state index in [4.69, 9.17) is 16.3 Å². The van der Waals surface area contributed by atoms with Crippen molar-refractivity contribution in [3.63, 3.8) is 0 Å². The molecule has 2 heterocycles. The molecule has 1 aliphatic heterocycles. The average molecular weight is 325 g/mol. The Bertz CT molecular complexity index is 922. The molecule has 0 atom stereocenters. The van der Waals surface area contributed by atoms with Crippen molar-refractivity contribution >= 4 is 34.1 Å². The number of halogens is 1. The van der Waals surface area contributed by atoms with E-state index in [1.807, 2.05) is 42.5 Å². The zero-order valence-corrected chi connectivity index (χ0v) is 13.2. The van der Waals surface area contributed by atoms with Gasteiger partial charge in [-0.3, -0.25) is 9.69 Å². The van der Waals surface area contributed by atoms with E-state index in [9.17, 15) is 4.79 Å². The van der Waals surface area contributed by atoms with Crippen LogP contribution >= 0.6 is 11.6 Å². The molecule has 0 saturated heterocycles. The Morgan fingerprint density at radius 2 is 1.96 bits per heavy atom. The van der Waals surface area contributed by atoms with Crippen molar-refractivity contribution in [2.75, 3.05) is 12.0 Å². The molecule has 1 aromatic heterocycles. The number of carbonyl (C=O) groups is 1. The molecule has 0 bridgehead atoms. The van der Waals surface area contributed by atoms with Gasteiger partial charge in [0, 0.05) is 5.39 Å². The van der Waals surface area contributed by atoms with Crippen molar-refractivity contribution in [2.45, 2.75) is 6.54 Å². The van der Waals surface area contributed by atoms with Crippen molar-refractivity contribution in [3.8, 4) is 5.75 Å². The number of anilines is 1. The normalized spacial score (nSPS) is 13.0. The van der Waals surface area contributed by atoms with Gasteiger partial charge in [0.25, 0.3) is 5.91 Å². The topological polar surface area (TPSA) is 42.4 Å². The van der Waals surface area contributed by atoms with Crippen LogP contribution in [-0.2, 0) is 6.54 Å². The minimum atomic E-state index is -0.0452. The zero-order valence-electron chi connectivity index (χ0n) is 12.4. The lowest BCUT2D eigenvalue weighted by Crippen LogP contribution is -2.26. The van der Waals surface area contributed by atoms with Crippen LogP contribution in [0.2, 0.25) is 5.15 Å². The third-order valence-corrected chi connectivity index (χ3v) is 4.23. The Balaban J connectivity index is 1.78. The van der Waals surface area contributed by atoms with Gasteiger partial charge in [0.2, 0.25) is 0 Å². The summed E-state index contributed by atoms with van der Waals surface area (Å²) in [7, 11) is 1.63. The molecule has 4 nitrogen and oxygen atoms in total. The predicted octanol–water partition coefficient (Wildman–Crippen LogP) is 4.06. The lowest BCUT2D eigenvalue weighted by molar-refractivity contribution is 0.0991. The van der Waals surface area contributed by atoms with Crippen molar-refractivity contribution in [2.24, 2.45) is 0 Å². The van der Waals surface area contributed by atoms with E-state index < -0.39 is 0 Å². The van der Waals surface area contributed by atoms with Crippen LogP contribution in [0.1, 0.15) is 15.9 Å². The zero-order chi connectivity index (χ0) is 16.0. The fourth-order valence-corrected chi connectivity index (χ4v) is 3.13. The van der Waals surface area contributed by atoms with Gasteiger partial charge in [0.15, 0.2) is 0 Å². The Kier molecular flexibility index (Phi) is 3.20. The molecule has 0 N–H and O–H groups in total. The van der Waals surface area contributed by atoms with Gasteiger partial charge in [-0.2, -0.15) is 0 Å². The van der Waals surface area contributed by atoms with Crippen LogP contribution in [0.5, 0.6) is 5.75 Å². The molecule has 3 aromatic rings. The Hall–Kier alpha value is -2.59. The SMILES string of the molecule is COc1ccc(CN2C(=O)c3cccc4cc(Cl)nc2c34)cc1. The van der Waals surface area contributed by atoms with Gasteiger partial charge in [-0.05, 0) is 35.2 Å². The average Bonchev–Trinajstić information content (AvgIpc) is 2.83. The number of aromatic nitrogens is 1. The monoisotopic (exact) mass is 324 g/mol. The molecule has 5 heteroatoms. The minimum Gasteiger partial charge on any atom is -0.497 e. The first-order valence-electron chi connectivity index (χ1n) is 7.21. The third kappa shape index (κ3) is 2.23. The number of methoxy groups -OCH3 is 1. The summed E-state index contributed by atoms with van der Waals surface area (Å²) in [5.74, 6) is 1.37. The molecule has 1 aliphatic rings. The Morgan fingerprint density at radius 3 is 2.70 bits per heavy atom. The maximum atomic E-state index is 12.7. The third-order valence-electron chi connectivity index (χ3n) is 4.04. The summed E-state index contributed by atoms with van der Waals surface area (Å²) in [4.78, 5) is 18.8. The van der Waals surface area contributed by atoms with Gasteiger partial charge < -0.3 is 4.74 Å². The Morgan fingerprint density at radius 1 is 1.17 bits per heavy atom. The number of nitrogens with zero attached hydrogens (tertiary/aromatic N) is 2. The molecule has 114 valence electrons. The highest BCUT2D eigenvalue weighted by atomic mass is 35.5. The smallest absolute Gasteiger partial charge is 0.260 e. The number of amides is 1. The summed E-state index contributed by atoms with van der Waals surface area (Å²) in [6, 6.07) is 15.1. The second kappa shape index (κ2) is 5.25. The van der Waals surface area contributed by atoms with Crippen LogP contribution in [-0.4, -0.2) is 18.0 Å². The van der Waals surface area contributed by atoms with Crippen LogP contribution in [0, 0.1) is 0 Å². The number of hydrogen-bond acceptors (Lipinski definition) is 3. The molecule has 4 rings (SSSR count). The molecule has 23 heavy (non-hydrogen) atoms. The van der Waals surface area contributed by atoms with Gasteiger partial charge in [-0.25, -0.2) is 4.98 Å². The van der Waals surface area contributed by atoms with Crippen LogP contribution in [0.25, 0.3) is 10.8 Å². The first-order valence-corrected chi connectivity index (χ1v) is 7.59. The molecule has 0 fully saturated rings. The molecule has 2 aromatic carbocycles.